The molecule has 154 valence electrons. The normalized spacial score (nSPS) is 13.3. The molecule has 29 heavy (non-hydrogen) atoms. The minimum absolute atomic E-state index is 0.100. The molecule has 0 amide bonds. The van der Waals surface area contributed by atoms with Crippen LogP contribution in [0.5, 0.6) is 0 Å². The number of hydrogen-bond donors (Lipinski definition) is 1. The average Bonchev–Trinajstić information content (AvgIpc) is 3.15. The molecule has 0 radical (unpaired) electrons. The molecule has 0 spiro atoms. The van der Waals surface area contributed by atoms with Crippen LogP contribution in [0.25, 0.3) is 0 Å². The maximum atomic E-state index is 13.2. The topological polar surface area (TPSA) is 93.4 Å². The van der Waals surface area contributed by atoms with E-state index in [2.05, 4.69) is 4.72 Å². The summed E-state index contributed by atoms with van der Waals surface area (Å²) in [4.78, 5) is 0.265. The van der Waals surface area contributed by atoms with E-state index in [0.717, 1.165) is 5.56 Å². The molecule has 0 aliphatic heterocycles. The van der Waals surface area contributed by atoms with Crippen molar-refractivity contribution in [2.24, 2.45) is 0 Å². The van der Waals surface area contributed by atoms with E-state index < -0.39 is 25.1 Å². The molecule has 0 saturated carbocycles. The van der Waals surface area contributed by atoms with Crippen molar-refractivity contribution in [2.75, 3.05) is 6.54 Å². The number of sulfone groups is 1. The van der Waals surface area contributed by atoms with E-state index >= 15 is 0 Å². The Bertz CT molecular complexity index is 1180. The molecule has 0 aliphatic carbocycles. The quantitative estimate of drug-likeness (QED) is 0.613. The van der Waals surface area contributed by atoms with Gasteiger partial charge in [-0.3, -0.25) is 0 Å². The second-order valence-corrected chi connectivity index (χ2v) is 10.8. The van der Waals surface area contributed by atoms with Crippen molar-refractivity contribution < 1.29 is 21.3 Å². The van der Waals surface area contributed by atoms with E-state index in [-0.39, 0.29) is 22.1 Å². The summed E-state index contributed by atoms with van der Waals surface area (Å²) < 4.78 is 60.1. The van der Waals surface area contributed by atoms with Crippen molar-refractivity contribution in [3.8, 4) is 0 Å². The monoisotopic (exact) mass is 433 g/mol. The molecule has 0 aliphatic rings. The number of rotatable bonds is 7. The first kappa shape index (κ1) is 21.3. The molecule has 0 fully saturated rings. The summed E-state index contributed by atoms with van der Waals surface area (Å²) >= 11 is 0. The maximum Gasteiger partial charge on any atom is 0.241 e. The van der Waals surface area contributed by atoms with Gasteiger partial charge in [0.2, 0.25) is 10.0 Å². The summed E-state index contributed by atoms with van der Waals surface area (Å²) in [7, 11) is -7.80. The van der Waals surface area contributed by atoms with Gasteiger partial charge in [0.25, 0.3) is 0 Å². The Morgan fingerprint density at radius 3 is 2.07 bits per heavy atom. The van der Waals surface area contributed by atoms with E-state index in [1.807, 2.05) is 6.92 Å². The van der Waals surface area contributed by atoms with Gasteiger partial charge in [-0.05, 0) is 56.2 Å². The van der Waals surface area contributed by atoms with Gasteiger partial charge in [-0.25, -0.2) is 21.6 Å². The zero-order valence-corrected chi connectivity index (χ0v) is 18.0. The second-order valence-electron chi connectivity index (χ2n) is 6.94. The van der Waals surface area contributed by atoms with Crippen LogP contribution in [0.4, 0.5) is 0 Å². The molecule has 1 heterocycles. The van der Waals surface area contributed by atoms with Crippen LogP contribution in [-0.4, -0.2) is 23.4 Å². The minimum atomic E-state index is -3.92. The van der Waals surface area contributed by atoms with Crippen LogP contribution in [0, 0.1) is 20.8 Å². The number of hydrogen-bond acceptors (Lipinski definition) is 5. The third kappa shape index (κ3) is 4.44. The van der Waals surface area contributed by atoms with Crippen LogP contribution < -0.4 is 4.72 Å². The fourth-order valence-corrected chi connectivity index (χ4v) is 6.67. The van der Waals surface area contributed by atoms with Gasteiger partial charge in [-0.15, -0.1) is 0 Å². The van der Waals surface area contributed by atoms with E-state index in [1.165, 1.54) is 24.5 Å². The van der Waals surface area contributed by atoms with Gasteiger partial charge in [0.1, 0.15) is 11.0 Å². The Hall–Kier alpha value is -2.42. The molecule has 6 nitrogen and oxygen atoms in total. The molecule has 8 heteroatoms. The van der Waals surface area contributed by atoms with Crippen LogP contribution in [0.2, 0.25) is 0 Å². The lowest BCUT2D eigenvalue weighted by Crippen LogP contribution is -2.32. The van der Waals surface area contributed by atoms with Crippen molar-refractivity contribution >= 4 is 19.9 Å². The number of benzene rings is 2. The molecular formula is C21H23NO5S2. The van der Waals surface area contributed by atoms with Crippen molar-refractivity contribution in [1.29, 1.82) is 0 Å². The summed E-state index contributed by atoms with van der Waals surface area (Å²) in [6.07, 6.45) is 1.37. The predicted molar refractivity (Wildman–Crippen MR) is 111 cm³/mol. The lowest BCUT2D eigenvalue weighted by atomic mass is 10.1. The van der Waals surface area contributed by atoms with Gasteiger partial charge < -0.3 is 4.42 Å². The summed E-state index contributed by atoms with van der Waals surface area (Å²) in [5.41, 5.74) is 2.17. The number of nitrogens with one attached hydrogen (secondary N) is 1. The molecule has 0 saturated heterocycles. The highest BCUT2D eigenvalue weighted by molar-refractivity contribution is 7.92. The SMILES string of the molecule is Cc1cc(C)c(S(=O)(=O)NC[C@H](c2ccco2)S(=O)(=O)c2ccccc2)c(C)c1. The Kier molecular flexibility index (Phi) is 5.97. The van der Waals surface area contributed by atoms with Crippen LogP contribution in [0.15, 0.2) is 75.1 Å². The largest absolute Gasteiger partial charge is 0.468 e. The zero-order valence-electron chi connectivity index (χ0n) is 16.4. The third-order valence-electron chi connectivity index (χ3n) is 4.64. The van der Waals surface area contributed by atoms with Crippen molar-refractivity contribution in [2.45, 2.75) is 35.8 Å². The second kappa shape index (κ2) is 8.14. The number of aryl methyl sites for hydroxylation is 3. The van der Waals surface area contributed by atoms with Gasteiger partial charge in [0, 0.05) is 6.54 Å². The Labute approximate surface area is 171 Å². The van der Waals surface area contributed by atoms with Gasteiger partial charge in [0.15, 0.2) is 9.84 Å². The first-order valence-electron chi connectivity index (χ1n) is 9.03. The molecule has 3 aromatic rings. The molecule has 1 N–H and O–H groups in total. The van der Waals surface area contributed by atoms with E-state index in [0.29, 0.717) is 11.1 Å². The Balaban J connectivity index is 1.97. The number of sulfonamides is 1. The van der Waals surface area contributed by atoms with Crippen molar-refractivity contribution in [3.05, 3.63) is 83.3 Å². The van der Waals surface area contributed by atoms with Crippen LogP contribution >= 0.6 is 0 Å². The lowest BCUT2D eigenvalue weighted by molar-refractivity contribution is 0.486. The van der Waals surface area contributed by atoms with Crippen LogP contribution in [0.1, 0.15) is 27.7 Å². The van der Waals surface area contributed by atoms with Crippen LogP contribution in [0.3, 0.4) is 0 Å². The smallest absolute Gasteiger partial charge is 0.241 e. The van der Waals surface area contributed by atoms with Crippen molar-refractivity contribution in [3.63, 3.8) is 0 Å². The molecular weight excluding hydrogens is 410 g/mol. The van der Waals surface area contributed by atoms with Gasteiger partial charge in [-0.1, -0.05) is 35.9 Å². The van der Waals surface area contributed by atoms with E-state index in [4.69, 9.17) is 4.42 Å². The Morgan fingerprint density at radius 1 is 0.897 bits per heavy atom. The standard InChI is InChI=1S/C21H23NO5S2/c1-15-12-16(2)21(17(3)13-15)29(25,26)22-14-20(19-10-7-11-27-19)28(23,24)18-8-5-4-6-9-18/h4-13,20,22H,14H2,1-3H3/t20-/m1/s1. The first-order valence-corrected chi connectivity index (χ1v) is 12.1. The zero-order chi connectivity index (χ0) is 21.2. The highest BCUT2D eigenvalue weighted by Crippen LogP contribution is 2.30. The summed E-state index contributed by atoms with van der Waals surface area (Å²) in [6.45, 7) is 4.99. The lowest BCUT2D eigenvalue weighted by Gasteiger charge is -2.18. The summed E-state index contributed by atoms with van der Waals surface area (Å²) in [5.74, 6) is 0.175. The highest BCUT2D eigenvalue weighted by atomic mass is 32.2. The molecule has 0 unspecified atom stereocenters. The fraction of sp³-hybridized carbons (Fsp3) is 0.238. The summed E-state index contributed by atoms with van der Waals surface area (Å²) in [5, 5.41) is -1.19. The summed E-state index contributed by atoms with van der Waals surface area (Å²) in [6, 6.07) is 14.6. The van der Waals surface area contributed by atoms with Gasteiger partial charge in [-0.2, -0.15) is 0 Å². The van der Waals surface area contributed by atoms with Crippen molar-refractivity contribution in [1.82, 2.24) is 4.72 Å². The molecule has 2 aromatic carbocycles. The van der Waals surface area contributed by atoms with Crippen LogP contribution in [-0.2, 0) is 19.9 Å². The predicted octanol–water partition coefficient (Wildman–Crippen LogP) is 3.70. The Morgan fingerprint density at radius 2 is 1.52 bits per heavy atom. The fourth-order valence-electron chi connectivity index (χ4n) is 3.46. The molecule has 1 aromatic heterocycles. The molecule has 3 rings (SSSR count). The number of furan rings is 1. The molecule has 1 atom stereocenters. The average molecular weight is 434 g/mol. The minimum Gasteiger partial charge on any atom is -0.468 e. The molecule has 0 bridgehead atoms. The van der Waals surface area contributed by atoms with Gasteiger partial charge in [0.05, 0.1) is 16.1 Å². The van der Waals surface area contributed by atoms with E-state index in [1.54, 1.807) is 50.2 Å². The van der Waals surface area contributed by atoms with E-state index in [9.17, 15) is 16.8 Å². The maximum absolute atomic E-state index is 13.2. The first-order chi connectivity index (χ1) is 13.6. The highest BCUT2D eigenvalue weighted by Gasteiger charge is 2.33. The van der Waals surface area contributed by atoms with Gasteiger partial charge >= 0.3 is 0 Å². The third-order valence-corrected chi connectivity index (χ3v) is 8.44.